The van der Waals surface area contributed by atoms with Gasteiger partial charge in [-0.1, -0.05) is 43.3 Å². The SMILES string of the molecule is Cc1ccc2nc(COC(=O)C(C)Cc3ccccc3)cc(=O)n2c1. The van der Waals surface area contributed by atoms with Crippen molar-refractivity contribution in [3.8, 4) is 0 Å². The first-order valence-electron chi connectivity index (χ1n) is 8.22. The third-order valence-electron chi connectivity index (χ3n) is 4.01. The van der Waals surface area contributed by atoms with Gasteiger partial charge in [0, 0.05) is 12.3 Å². The molecule has 5 heteroatoms. The van der Waals surface area contributed by atoms with Crippen LogP contribution >= 0.6 is 0 Å². The topological polar surface area (TPSA) is 60.7 Å². The molecule has 3 rings (SSSR count). The Morgan fingerprint density at radius 3 is 2.72 bits per heavy atom. The molecule has 1 aromatic carbocycles. The first kappa shape index (κ1) is 16.9. The first-order valence-corrected chi connectivity index (χ1v) is 8.22. The smallest absolute Gasteiger partial charge is 0.309 e. The second-order valence-corrected chi connectivity index (χ2v) is 6.22. The highest BCUT2D eigenvalue weighted by Gasteiger charge is 2.15. The normalized spacial score (nSPS) is 12.1. The summed E-state index contributed by atoms with van der Waals surface area (Å²) in [7, 11) is 0. The van der Waals surface area contributed by atoms with E-state index < -0.39 is 0 Å². The summed E-state index contributed by atoms with van der Waals surface area (Å²) in [5.74, 6) is -0.554. The van der Waals surface area contributed by atoms with E-state index in [0.717, 1.165) is 11.1 Å². The van der Waals surface area contributed by atoms with Gasteiger partial charge in [-0.25, -0.2) is 4.98 Å². The van der Waals surface area contributed by atoms with Crippen molar-refractivity contribution in [3.63, 3.8) is 0 Å². The van der Waals surface area contributed by atoms with Crippen molar-refractivity contribution in [3.05, 3.63) is 81.9 Å². The third kappa shape index (κ3) is 4.12. The second kappa shape index (κ2) is 7.30. The number of hydrogen-bond acceptors (Lipinski definition) is 4. The first-order chi connectivity index (χ1) is 12.0. The predicted octanol–water partition coefficient (Wildman–Crippen LogP) is 2.92. The van der Waals surface area contributed by atoms with Crippen LogP contribution in [0.4, 0.5) is 0 Å². The lowest BCUT2D eigenvalue weighted by Gasteiger charge is -2.11. The molecule has 0 aliphatic heterocycles. The maximum atomic E-state index is 12.2. The fourth-order valence-corrected chi connectivity index (χ4v) is 2.67. The van der Waals surface area contributed by atoms with Gasteiger partial charge >= 0.3 is 5.97 Å². The molecule has 128 valence electrons. The van der Waals surface area contributed by atoms with Crippen LogP contribution in [0.1, 0.15) is 23.7 Å². The van der Waals surface area contributed by atoms with E-state index in [1.807, 2.05) is 50.2 Å². The van der Waals surface area contributed by atoms with Crippen molar-refractivity contribution in [2.75, 3.05) is 0 Å². The number of hydrogen-bond donors (Lipinski definition) is 0. The molecule has 0 aliphatic rings. The molecule has 1 atom stereocenters. The predicted molar refractivity (Wildman–Crippen MR) is 95.3 cm³/mol. The van der Waals surface area contributed by atoms with Gasteiger partial charge in [0.15, 0.2) is 0 Å². The van der Waals surface area contributed by atoms with E-state index in [2.05, 4.69) is 4.98 Å². The monoisotopic (exact) mass is 336 g/mol. The minimum atomic E-state index is -0.297. The Labute approximate surface area is 145 Å². The Morgan fingerprint density at radius 1 is 1.20 bits per heavy atom. The van der Waals surface area contributed by atoms with Crippen molar-refractivity contribution >= 4 is 11.6 Å². The van der Waals surface area contributed by atoms with Gasteiger partial charge in [-0.15, -0.1) is 0 Å². The lowest BCUT2D eigenvalue weighted by atomic mass is 10.0. The van der Waals surface area contributed by atoms with E-state index in [1.54, 1.807) is 12.3 Å². The molecule has 25 heavy (non-hydrogen) atoms. The highest BCUT2D eigenvalue weighted by Crippen LogP contribution is 2.11. The largest absolute Gasteiger partial charge is 0.459 e. The minimum absolute atomic E-state index is 0.00240. The average molecular weight is 336 g/mol. The number of nitrogens with zero attached hydrogens (tertiary/aromatic N) is 2. The van der Waals surface area contributed by atoms with Crippen LogP contribution < -0.4 is 5.56 Å². The lowest BCUT2D eigenvalue weighted by molar-refractivity contribution is -0.149. The maximum absolute atomic E-state index is 12.2. The van der Waals surface area contributed by atoms with Crippen molar-refractivity contribution < 1.29 is 9.53 Å². The fourth-order valence-electron chi connectivity index (χ4n) is 2.67. The molecule has 0 saturated carbocycles. The summed E-state index contributed by atoms with van der Waals surface area (Å²) in [6.45, 7) is 3.74. The molecule has 3 aromatic rings. The summed E-state index contributed by atoms with van der Waals surface area (Å²) in [5.41, 5.74) is 2.88. The van der Waals surface area contributed by atoms with Crippen molar-refractivity contribution in [1.82, 2.24) is 9.38 Å². The van der Waals surface area contributed by atoms with Gasteiger partial charge in [0.05, 0.1) is 11.6 Å². The fraction of sp³-hybridized carbons (Fsp3) is 0.250. The van der Waals surface area contributed by atoms with Gasteiger partial charge in [0.25, 0.3) is 5.56 Å². The molecule has 5 nitrogen and oxygen atoms in total. The number of pyridine rings is 1. The molecule has 0 amide bonds. The van der Waals surface area contributed by atoms with Crippen molar-refractivity contribution in [1.29, 1.82) is 0 Å². The summed E-state index contributed by atoms with van der Waals surface area (Å²) in [5, 5.41) is 0. The molecular weight excluding hydrogens is 316 g/mol. The number of esters is 1. The Bertz CT molecular complexity index is 948. The molecule has 0 spiro atoms. The standard InChI is InChI=1S/C20H20N2O3/c1-14-8-9-18-21-17(11-19(23)22(18)12-14)13-25-20(24)15(2)10-16-6-4-3-5-7-16/h3-9,11-12,15H,10,13H2,1-2H3. The van der Waals surface area contributed by atoms with Crippen LogP contribution in [0.25, 0.3) is 5.65 Å². The summed E-state index contributed by atoms with van der Waals surface area (Å²) >= 11 is 0. The number of carbonyl (C=O) groups is 1. The molecule has 0 radical (unpaired) electrons. The molecular formula is C20H20N2O3. The molecule has 2 heterocycles. The van der Waals surface area contributed by atoms with Gasteiger partial charge in [-0.2, -0.15) is 0 Å². The number of benzene rings is 1. The van der Waals surface area contributed by atoms with Crippen LogP contribution in [0.3, 0.4) is 0 Å². The van der Waals surface area contributed by atoms with E-state index in [-0.39, 0.29) is 24.1 Å². The Hall–Kier alpha value is -2.95. The Balaban J connectivity index is 1.66. The summed E-state index contributed by atoms with van der Waals surface area (Å²) in [6, 6.07) is 14.9. The van der Waals surface area contributed by atoms with Crippen LogP contribution in [0.2, 0.25) is 0 Å². The van der Waals surface area contributed by atoms with Gasteiger partial charge in [0.2, 0.25) is 0 Å². The number of aromatic nitrogens is 2. The number of carbonyl (C=O) groups excluding carboxylic acids is 1. The number of ether oxygens (including phenoxy) is 1. The summed E-state index contributed by atoms with van der Waals surface area (Å²) in [4.78, 5) is 28.7. The van der Waals surface area contributed by atoms with Crippen LogP contribution in [-0.2, 0) is 22.6 Å². The van der Waals surface area contributed by atoms with Gasteiger partial charge < -0.3 is 4.74 Å². The zero-order valence-corrected chi connectivity index (χ0v) is 14.3. The zero-order chi connectivity index (χ0) is 17.8. The molecule has 1 unspecified atom stereocenters. The van der Waals surface area contributed by atoms with Gasteiger partial charge in [-0.3, -0.25) is 14.0 Å². The van der Waals surface area contributed by atoms with Crippen LogP contribution in [0.15, 0.2) is 59.5 Å². The molecule has 0 fully saturated rings. The second-order valence-electron chi connectivity index (χ2n) is 6.22. The van der Waals surface area contributed by atoms with Gasteiger partial charge in [0.1, 0.15) is 12.3 Å². The van der Waals surface area contributed by atoms with Crippen LogP contribution in [0.5, 0.6) is 0 Å². The van der Waals surface area contributed by atoms with E-state index >= 15 is 0 Å². The highest BCUT2D eigenvalue weighted by molar-refractivity contribution is 5.72. The highest BCUT2D eigenvalue weighted by atomic mass is 16.5. The average Bonchev–Trinajstić information content (AvgIpc) is 2.61. The van der Waals surface area contributed by atoms with E-state index in [1.165, 1.54) is 10.5 Å². The van der Waals surface area contributed by atoms with Crippen LogP contribution in [0, 0.1) is 12.8 Å². The number of fused-ring (bicyclic) bond motifs is 1. The number of aryl methyl sites for hydroxylation is 1. The molecule has 0 bridgehead atoms. The molecule has 0 saturated heterocycles. The van der Waals surface area contributed by atoms with E-state index in [4.69, 9.17) is 4.74 Å². The summed E-state index contributed by atoms with van der Waals surface area (Å²) in [6.07, 6.45) is 2.36. The Morgan fingerprint density at radius 2 is 1.96 bits per heavy atom. The number of rotatable bonds is 5. The van der Waals surface area contributed by atoms with E-state index in [0.29, 0.717) is 17.8 Å². The molecule has 2 aromatic heterocycles. The Kier molecular flexibility index (Phi) is 4.93. The lowest BCUT2D eigenvalue weighted by Crippen LogP contribution is -2.19. The maximum Gasteiger partial charge on any atom is 0.309 e. The zero-order valence-electron chi connectivity index (χ0n) is 14.3. The van der Waals surface area contributed by atoms with Gasteiger partial charge in [-0.05, 0) is 30.5 Å². The third-order valence-corrected chi connectivity index (χ3v) is 4.01. The quantitative estimate of drug-likeness (QED) is 0.672. The van der Waals surface area contributed by atoms with Crippen LogP contribution in [-0.4, -0.2) is 15.4 Å². The summed E-state index contributed by atoms with van der Waals surface area (Å²) < 4.78 is 6.82. The van der Waals surface area contributed by atoms with Crippen molar-refractivity contribution in [2.45, 2.75) is 26.9 Å². The van der Waals surface area contributed by atoms with Crippen molar-refractivity contribution in [2.24, 2.45) is 5.92 Å². The molecule has 0 aliphatic carbocycles. The molecule has 0 N–H and O–H groups in total. The van der Waals surface area contributed by atoms with E-state index in [9.17, 15) is 9.59 Å². The minimum Gasteiger partial charge on any atom is -0.459 e.